The van der Waals surface area contributed by atoms with Gasteiger partial charge in [0.1, 0.15) is 11.3 Å². The summed E-state index contributed by atoms with van der Waals surface area (Å²) >= 11 is 0. The zero-order chi connectivity index (χ0) is 13.6. The zero-order valence-corrected chi connectivity index (χ0v) is 11.4. The first-order valence-electron chi connectivity index (χ1n) is 6.24. The van der Waals surface area contributed by atoms with Crippen LogP contribution in [0.3, 0.4) is 0 Å². The summed E-state index contributed by atoms with van der Waals surface area (Å²) in [6, 6.07) is 3.93. The molecule has 0 amide bonds. The van der Waals surface area contributed by atoms with E-state index in [0.29, 0.717) is 0 Å². The van der Waals surface area contributed by atoms with Gasteiger partial charge in [-0.3, -0.25) is 0 Å². The lowest BCUT2D eigenvalue weighted by molar-refractivity contribution is 0.433. The number of nitrogens with zero attached hydrogens (tertiary/aromatic N) is 1. The van der Waals surface area contributed by atoms with Crippen LogP contribution in [0.15, 0.2) is 17.1 Å². The number of benzene rings is 1. The number of aryl methyl sites for hydroxylation is 1. The molecule has 0 saturated heterocycles. The first-order chi connectivity index (χ1) is 8.30. The highest BCUT2D eigenvalue weighted by Gasteiger charge is 2.47. The Bertz CT molecular complexity index is 530. The van der Waals surface area contributed by atoms with E-state index in [4.69, 9.17) is 0 Å². The lowest BCUT2D eigenvalue weighted by atomic mass is 9.83. The maximum Gasteiger partial charge on any atom is 0.235 e. The highest BCUT2D eigenvalue weighted by molar-refractivity contribution is 5.53. The first-order valence-corrected chi connectivity index (χ1v) is 6.24. The maximum absolute atomic E-state index is 10.5. The lowest BCUT2D eigenvalue weighted by Gasteiger charge is -2.24. The Morgan fingerprint density at radius 2 is 1.94 bits per heavy atom. The molecular weight excluding hydrogens is 226 g/mol. The smallest absolute Gasteiger partial charge is 0.235 e. The molecule has 0 bridgehead atoms. The monoisotopic (exact) mass is 245 g/mol. The fourth-order valence-electron chi connectivity index (χ4n) is 2.35. The normalized spacial score (nSPS) is 17.1. The molecule has 0 aromatic heterocycles. The van der Waals surface area contributed by atoms with E-state index in [1.807, 2.05) is 19.1 Å². The Kier molecular flexibility index (Phi) is 2.83. The van der Waals surface area contributed by atoms with Crippen LogP contribution in [0.4, 0.5) is 0 Å². The third-order valence-electron chi connectivity index (χ3n) is 3.55. The van der Waals surface area contributed by atoms with Gasteiger partial charge in [-0.1, -0.05) is 32.4 Å². The van der Waals surface area contributed by atoms with Crippen LogP contribution in [0, 0.1) is 6.92 Å². The lowest BCUT2D eigenvalue weighted by Crippen LogP contribution is -2.14. The third kappa shape index (κ3) is 2.06. The van der Waals surface area contributed by atoms with Crippen LogP contribution in [-0.2, 0) is 15.7 Å². The number of phenols is 1. The van der Waals surface area contributed by atoms with Crippen molar-refractivity contribution in [2.24, 2.45) is 4.99 Å². The Balaban J connectivity index is 2.63. The number of isocyanates is 1. The number of rotatable bonds is 2. The number of phenolic OH excluding ortho intramolecular Hbond substituents is 1. The molecule has 0 atom stereocenters. The molecule has 0 spiro atoms. The second-order valence-electron chi connectivity index (χ2n) is 6.19. The molecular formula is C15H19NO2. The zero-order valence-electron chi connectivity index (χ0n) is 11.4. The SMILES string of the molecule is Cc1cc(C(C)(C)C)c(O)c(C2(N=C=O)CC2)c1. The molecule has 1 saturated carbocycles. The molecule has 0 heterocycles. The predicted molar refractivity (Wildman–Crippen MR) is 70.6 cm³/mol. The topological polar surface area (TPSA) is 49.7 Å². The molecule has 3 nitrogen and oxygen atoms in total. The van der Waals surface area contributed by atoms with Crippen LogP contribution < -0.4 is 0 Å². The number of aliphatic imine (C=N–C) groups is 1. The van der Waals surface area contributed by atoms with E-state index in [0.717, 1.165) is 29.5 Å². The summed E-state index contributed by atoms with van der Waals surface area (Å²) < 4.78 is 0. The summed E-state index contributed by atoms with van der Waals surface area (Å²) in [4.78, 5) is 14.4. The van der Waals surface area contributed by atoms with E-state index >= 15 is 0 Å². The van der Waals surface area contributed by atoms with Crippen molar-refractivity contribution in [3.8, 4) is 5.75 Å². The third-order valence-corrected chi connectivity index (χ3v) is 3.55. The predicted octanol–water partition coefficient (Wildman–Crippen LogP) is 3.32. The largest absolute Gasteiger partial charge is 0.507 e. The maximum atomic E-state index is 10.5. The van der Waals surface area contributed by atoms with Gasteiger partial charge in [0.15, 0.2) is 0 Å². The van der Waals surface area contributed by atoms with Crippen molar-refractivity contribution in [1.29, 1.82) is 0 Å². The molecule has 1 aromatic carbocycles. The van der Waals surface area contributed by atoms with Gasteiger partial charge in [0.25, 0.3) is 0 Å². The second-order valence-corrected chi connectivity index (χ2v) is 6.19. The Morgan fingerprint density at radius 1 is 1.33 bits per heavy atom. The van der Waals surface area contributed by atoms with Gasteiger partial charge in [-0.05, 0) is 36.8 Å². The number of hydrogen-bond donors (Lipinski definition) is 1. The fourth-order valence-corrected chi connectivity index (χ4v) is 2.35. The van der Waals surface area contributed by atoms with Gasteiger partial charge in [0, 0.05) is 5.56 Å². The van der Waals surface area contributed by atoms with Gasteiger partial charge in [0.2, 0.25) is 6.08 Å². The summed E-state index contributed by atoms with van der Waals surface area (Å²) in [5.41, 5.74) is 2.12. The summed E-state index contributed by atoms with van der Waals surface area (Å²) in [6.45, 7) is 8.19. The summed E-state index contributed by atoms with van der Waals surface area (Å²) in [5, 5.41) is 10.5. The van der Waals surface area contributed by atoms with Crippen molar-refractivity contribution < 1.29 is 9.90 Å². The molecule has 0 unspecified atom stereocenters. The average Bonchev–Trinajstić information content (AvgIpc) is 3.01. The molecule has 0 radical (unpaired) electrons. The first kappa shape index (κ1) is 12.8. The second kappa shape index (κ2) is 3.96. The van der Waals surface area contributed by atoms with Crippen LogP contribution in [-0.4, -0.2) is 11.2 Å². The fraction of sp³-hybridized carbons (Fsp3) is 0.533. The highest BCUT2D eigenvalue weighted by atomic mass is 16.3. The standard InChI is InChI=1S/C15H19NO2/c1-10-7-11(14(2,3)4)13(18)12(8-10)15(5-6-15)16-9-17/h7-8,18H,5-6H2,1-4H3. The van der Waals surface area contributed by atoms with E-state index < -0.39 is 5.54 Å². The summed E-state index contributed by atoms with van der Waals surface area (Å²) in [7, 11) is 0. The minimum Gasteiger partial charge on any atom is -0.507 e. The number of hydrogen-bond acceptors (Lipinski definition) is 3. The molecule has 96 valence electrons. The van der Waals surface area contributed by atoms with Crippen molar-refractivity contribution >= 4 is 6.08 Å². The van der Waals surface area contributed by atoms with Crippen molar-refractivity contribution in [3.05, 3.63) is 28.8 Å². The molecule has 1 aliphatic rings. The van der Waals surface area contributed by atoms with E-state index in [-0.39, 0.29) is 11.2 Å². The molecule has 18 heavy (non-hydrogen) atoms. The molecule has 1 aliphatic carbocycles. The van der Waals surface area contributed by atoms with Crippen molar-refractivity contribution in [1.82, 2.24) is 0 Å². The minimum atomic E-state index is -0.516. The van der Waals surface area contributed by atoms with E-state index in [9.17, 15) is 9.90 Å². The Labute approximate surface area is 108 Å². The molecule has 1 N–H and O–H groups in total. The van der Waals surface area contributed by atoms with E-state index in [1.165, 1.54) is 0 Å². The quantitative estimate of drug-likeness (QED) is 0.642. The van der Waals surface area contributed by atoms with Crippen LogP contribution >= 0.6 is 0 Å². The van der Waals surface area contributed by atoms with Gasteiger partial charge < -0.3 is 5.11 Å². The Hall–Kier alpha value is -1.60. The minimum absolute atomic E-state index is 0.133. The van der Waals surface area contributed by atoms with E-state index in [2.05, 4.69) is 25.8 Å². The summed E-state index contributed by atoms with van der Waals surface area (Å²) in [5.74, 6) is 0.282. The van der Waals surface area contributed by atoms with Gasteiger partial charge >= 0.3 is 0 Å². The molecule has 3 heteroatoms. The van der Waals surface area contributed by atoms with Crippen molar-refractivity contribution in [2.75, 3.05) is 0 Å². The van der Waals surface area contributed by atoms with Crippen LogP contribution in [0.25, 0.3) is 0 Å². The van der Waals surface area contributed by atoms with Crippen molar-refractivity contribution in [2.45, 2.75) is 51.5 Å². The van der Waals surface area contributed by atoms with Gasteiger partial charge in [0.05, 0.1) is 0 Å². The van der Waals surface area contributed by atoms with Gasteiger partial charge in [-0.2, -0.15) is 4.99 Å². The van der Waals surface area contributed by atoms with E-state index in [1.54, 1.807) is 6.08 Å². The van der Waals surface area contributed by atoms with Crippen LogP contribution in [0.1, 0.15) is 50.3 Å². The Morgan fingerprint density at radius 3 is 2.39 bits per heavy atom. The molecule has 1 fully saturated rings. The molecule has 0 aliphatic heterocycles. The number of aromatic hydroxyl groups is 1. The average molecular weight is 245 g/mol. The van der Waals surface area contributed by atoms with Crippen LogP contribution in [0.2, 0.25) is 0 Å². The highest BCUT2D eigenvalue weighted by Crippen LogP contribution is 2.53. The molecule has 1 aromatic rings. The van der Waals surface area contributed by atoms with Crippen LogP contribution in [0.5, 0.6) is 5.75 Å². The van der Waals surface area contributed by atoms with Gasteiger partial charge in [-0.15, -0.1) is 0 Å². The van der Waals surface area contributed by atoms with Gasteiger partial charge in [-0.25, -0.2) is 4.79 Å². The van der Waals surface area contributed by atoms with Crippen molar-refractivity contribution in [3.63, 3.8) is 0 Å². The number of carbonyl (C=O) groups excluding carboxylic acids is 1. The summed E-state index contributed by atoms with van der Waals surface area (Å²) in [6.07, 6.45) is 3.25. The molecule has 2 rings (SSSR count).